The van der Waals surface area contributed by atoms with Crippen LogP contribution in [0.5, 0.6) is 0 Å². The zero-order chi connectivity index (χ0) is 14.6. The molecule has 1 aliphatic rings. The Hall–Kier alpha value is -0.970. The Balaban J connectivity index is 2.01. The van der Waals surface area contributed by atoms with Crippen molar-refractivity contribution in [3.05, 3.63) is 30.1 Å². The van der Waals surface area contributed by atoms with Crippen LogP contribution in [0.4, 0.5) is 0 Å². The van der Waals surface area contributed by atoms with Crippen LogP contribution in [0.2, 0.25) is 0 Å². The summed E-state index contributed by atoms with van der Waals surface area (Å²) in [5.41, 5.74) is 7.38. The Labute approximate surface area is 123 Å². The smallest absolute Gasteiger partial charge is 0.0544 e. The van der Waals surface area contributed by atoms with Crippen LogP contribution in [0.1, 0.15) is 32.4 Å². The molecule has 1 aromatic rings. The number of nitrogens with zero attached hydrogens (tertiary/aromatic N) is 3. The fourth-order valence-electron chi connectivity index (χ4n) is 3.10. The molecule has 0 radical (unpaired) electrons. The minimum Gasteiger partial charge on any atom is -0.329 e. The Morgan fingerprint density at radius 1 is 1.35 bits per heavy atom. The van der Waals surface area contributed by atoms with E-state index in [1.165, 1.54) is 0 Å². The van der Waals surface area contributed by atoms with Crippen molar-refractivity contribution in [1.82, 2.24) is 14.8 Å². The van der Waals surface area contributed by atoms with Crippen LogP contribution >= 0.6 is 0 Å². The zero-order valence-corrected chi connectivity index (χ0v) is 13.0. The van der Waals surface area contributed by atoms with E-state index in [0.29, 0.717) is 6.04 Å². The van der Waals surface area contributed by atoms with Gasteiger partial charge in [-0.05, 0) is 45.9 Å². The molecule has 1 aliphatic heterocycles. The molecule has 0 saturated carbocycles. The van der Waals surface area contributed by atoms with Crippen LogP contribution in [0.25, 0.3) is 0 Å². The SMILES string of the molecule is CC(C)N1CCC(CN)(N(C)Cc2ccccn2)CC1. The Morgan fingerprint density at radius 2 is 2.05 bits per heavy atom. The summed E-state index contributed by atoms with van der Waals surface area (Å²) in [5, 5.41) is 0. The number of nitrogens with two attached hydrogens (primary N) is 1. The van der Waals surface area contributed by atoms with Crippen molar-refractivity contribution >= 4 is 0 Å². The van der Waals surface area contributed by atoms with Crippen molar-refractivity contribution in [3.63, 3.8) is 0 Å². The molecule has 0 spiro atoms. The van der Waals surface area contributed by atoms with Gasteiger partial charge in [-0.3, -0.25) is 9.88 Å². The monoisotopic (exact) mass is 276 g/mol. The van der Waals surface area contributed by atoms with Crippen molar-refractivity contribution < 1.29 is 0 Å². The van der Waals surface area contributed by atoms with E-state index in [1.807, 2.05) is 18.3 Å². The molecule has 1 aromatic heterocycles. The van der Waals surface area contributed by atoms with Crippen molar-refractivity contribution in [2.45, 2.75) is 44.8 Å². The molecule has 0 amide bonds. The molecular formula is C16H28N4. The molecule has 1 saturated heterocycles. The first kappa shape index (κ1) is 15.4. The molecule has 20 heavy (non-hydrogen) atoms. The lowest BCUT2D eigenvalue weighted by atomic mass is 9.85. The minimum absolute atomic E-state index is 0.128. The van der Waals surface area contributed by atoms with Gasteiger partial charge in [-0.15, -0.1) is 0 Å². The number of hydrogen-bond acceptors (Lipinski definition) is 4. The second-order valence-electron chi connectivity index (χ2n) is 6.24. The highest BCUT2D eigenvalue weighted by atomic mass is 15.2. The molecule has 0 aromatic carbocycles. The van der Waals surface area contributed by atoms with Crippen LogP contribution in [-0.4, -0.2) is 53.0 Å². The van der Waals surface area contributed by atoms with Crippen molar-refractivity contribution in [3.8, 4) is 0 Å². The number of aromatic nitrogens is 1. The summed E-state index contributed by atoms with van der Waals surface area (Å²) in [4.78, 5) is 9.38. The average molecular weight is 276 g/mol. The maximum Gasteiger partial charge on any atom is 0.0544 e. The standard InChI is InChI=1S/C16H28N4/c1-14(2)20-10-7-16(13-17,8-11-20)19(3)12-15-6-4-5-9-18-15/h4-6,9,14H,7-8,10-13,17H2,1-3H3. The molecule has 1 fully saturated rings. The highest BCUT2D eigenvalue weighted by molar-refractivity contribution is 5.05. The lowest BCUT2D eigenvalue weighted by Gasteiger charge is -2.47. The minimum atomic E-state index is 0.128. The van der Waals surface area contributed by atoms with Gasteiger partial charge in [0.2, 0.25) is 0 Å². The van der Waals surface area contributed by atoms with Crippen LogP contribution in [0.15, 0.2) is 24.4 Å². The highest BCUT2D eigenvalue weighted by Gasteiger charge is 2.37. The van der Waals surface area contributed by atoms with Gasteiger partial charge in [0.15, 0.2) is 0 Å². The Morgan fingerprint density at radius 3 is 2.55 bits per heavy atom. The topological polar surface area (TPSA) is 45.4 Å². The van der Waals surface area contributed by atoms with Gasteiger partial charge < -0.3 is 10.6 Å². The third kappa shape index (κ3) is 3.37. The van der Waals surface area contributed by atoms with E-state index in [4.69, 9.17) is 5.73 Å². The lowest BCUT2D eigenvalue weighted by molar-refractivity contribution is 0.0291. The van der Waals surface area contributed by atoms with Gasteiger partial charge in [-0.25, -0.2) is 0 Å². The summed E-state index contributed by atoms with van der Waals surface area (Å²) in [5.74, 6) is 0. The fourth-order valence-corrected chi connectivity index (χ4v) is 3.10. The zero-order valence-electron chi connectivity index (χ0n) is 13.0. The summed E-state index contributed by atoms with van der Waals surface area (Å²) in [7, 11) is 2.19. The summed E-state index contributed by atoms with van der Waals surface area (Å²) in [6, 6.07) is 6.73. The van der Waals surface area contributed by atoms with E-state index in [1.54, 1.807) is 0 Å². The van der Waals surface area contributed by atoms with Gasteiger partial charge in [0, 0.05) is 44.0 Å². The van der Waals surface area contributed by atoms with Gasteiger partial charge in [0.25, 0.3) is 0 Å². The van der Waals surface area contributed by atoms with E-state index in [2.05, 4.69) is 41.7 Å². The quantitative estimate of drug-likeness (QED) is 0.889. The van der Waals surface area contributed by atoms with E-state index >= 15 is 0 Å². The molecule has 4 heteroatoms. The van der Waals surface area contributed by atoms with Crippen LogP contribution in [0.3, 0.4) is 0 Å². The molecule has 0 aliphatic carbocycles. The first-order valence-electron chi connectivity index (χ1n) is 7.63. The summed E-state index contributed by atoms with van der Waals surface area (Å²) in [6.07, 6.45) is 4.15. The molecule has 0 bridgehead atoms. The third-order valence-corrected chi connectivity index (χ3v) is 4.77. The second kappa shape index (κ2) is 6.66. The number of likely N-dealkylation sites (tertiary alicyclic amines) is 1. The van der Waals surface area contributed by atoms with E-state index in [-0.39, 0.29) is 5.54 Å². The van der Waals surface area contributed by atoms with Gasteiger partial charge in [0.1, 0.15) is 0 Å². The first-order chi connectivity index (χ1) is 9.57. The lowest BCUT2D eigenvalue weighted by Crippen LogP contribution is -2.58. The third-order valence-electron chi connectivity index (χ3n) is 4.77. The predicted octanol–water partition coefficient (Wildman–Crippen LogP) is 1.72. The fraction of sp³-hybridized carbons (Fsp3) is 0.688. The largest absolute Gasteiger partial charge is 0.329 e. The molecular weight excluding hydrogens is 248 g/mol. The van der Waals surface area contributed by atoms with Gasteiger partial charge in [0.05, 0.1) is 5.69 Å². The normalized spacial score (nSPS) is 19.7. The molecule has 2 N–H and O–H groups in total. The second-order valence-corrected chi connectivity index (χ2v) is 6.24. The van der Waals surface area contributed by atoms with Crippen molar-refractivity contribution in [2.24, 2.45) is 5.73 Å². The number of pyridine rings is 1. The molecule has 0 atom stereocenters. The Bertz CT molecular complexity index is 396. The van der Waals surface area contributed by atoms with Gasteiger partial charge >= 0.3 is 0 Å². The average Bonchev–Trinajstić information content (AvgIpc) is 2.48. The molecule has 2 rings (SSSR count). The molecule has 112 valence electrons. The van der Waals surface area contributed by atoms with E-state index in [0.717, 1.165) is 44.7 Å². The van der Waals surface area contributed by atoms with E-state index in [9.17, 15) is 0 Å². The van der Waals surface area contributed by atoms with Crippen LogP contribution in [0, 0.1) is 0 Å². The Kier molecular flexibility index (Phi) is 5.13. The van der Waals surface area contributed by atoms with E-state index < -0.39 is 0 Å². The number of likely N-dealkylation sites (N-methyl/N-ethyl adjacent to an activating group) is 1. The van der Waals surface area contributed by atoms with Crippen molar-refractivity contribution in [1.29, 1.82) is 0 Å². The summed E-state index contributed by atoms with van der Waals surface area (Å²) < 4.78 is 0. The summed E-state index contributed by atoms with van der Waals surface area (Å²) >= 11 is 0. The van der Waals surface area contributed by atoms with Crippen LogP contribution in [-0.2, 0) is 6.54 Å². The first-order valence-corrected chi connectivity index (χ1v) is 7.63. The number of rotatable bonds is 5. The summed E-state index contributed by atoms with van der Waals surface area (Å²) in [6.45, 7) is 8.42. The van der Waals surface area contributed by atoms with Crippen LogP contribution < -0.4 is 5.73 Å². The maximum atomic E-state index is 6.13. The molecule has 2 heterocycles. The highest BCUT2D eigenvalue weighted by Crippen LogP contribution is 2.29. The van der Waals surface area contributed by atoms with Gasteiger partial charge in [-0.2, -0.15) is 0 Å². The van der Waals surface area contributed by atoms with Crippen molar-refractivity contribution in [2.75, 3.05) is 26.7 Å². The number of hydrogen-bond donors (Lipinski definition) is 1. The molecule has 0 unspecified atom stereocenters. The van der Waals surface area contributed by atoms with Gasteiger partial charge in [-0.1, -0.05) is 6.07 Å². The predicted molar refractivity (Wildman–Crippen MR) is 83.4 cm³/mol. The molecule has 4 nitrogen and oxygen atoms in total. The number of piperidine rings is 1. The maximum absolute atomic E-state index is 6.13.